The second kappa shape index (κ2) is 8.72. The van der Waals surface area contributed by atoms with Crippen LogP contribution in [0.3, 0.4) is 0 Å². The van der Waals surface area contributed by atoms with Crippen LogP contribution in [0.1, 0.15) is 39.0 Å². The molecule has 30 heavy (non-hydrogen) atoms. The van der Waals surface area contributed by atoms with Gasteiger partial charge in [0.05, 0.1) is 11.4 Å². The van der Waals surface area contributed by atoms with Crippen LogP contribution in [0.4, 0.5) is 30.6 Å². The second-order valence-corrected chi connectivity index (χ2v) is 7.13. The van der Waals surface area contributed by atoms with Gasteiger partial charge in [-0.15, -0.1) is 0 Å². The standard InChI is InChI=1S/C19H27F3N8/c1-8-11(2)26-16(24-7)18(4,5)30-10-14(12(3)29-30)27-17-25-9-13(19(20,21)22)15(23-6)28-17/h8-10H,1-7H3,(H,24,26)(H2,23,25,27,28)/b11-8-. The van der Waals surface area contributed by atoms with Gasteiger partial charge in [0.1, 0.15) is 22.8 Å². The normalized spacial score (nSPS) is 13.4. The van der Waals surface area contributed by atoms with Crippen molar-refractivity contribution in [1.29, 1.82) is 0 Å². The Bertz CT molecular complexity index is 957. The topological polar surface area (TPSA) is 92.0 Å². The smallest absolute Gasteiger partial charge is 0.372 e. The molecule has 164 valence electrons. The number of anilines is 3. The largest absolute Gasteiger partial charge is 0.421 e. The summed E-state index contributed by atoms with van der Waals surface area (Å²) in [5, 5.41) is 13.2. The van der Waals surface area contributed by atoms with Gasteiger partial charge in [0.15, 0.2) is 0 Å². The molecule has 0 saturated heterocycles. The van der Waals surface area contributed by atoms with E-state index in [0.717, 1.165) is 11.9 Å². The third kappa shape index (κ3) is 4.89. The lowest BCUT2D eigenvalue weighted by atomic mass is 10.0. The average Bonchev–Trinajstić information content (AvgIpc) is 3.05. The highest BCUT2D eigenvalue weighted by Crippen LogP contribution is 2.34. The Hall–Kier alpha value is -3.11. The van der Waals surface area contributed by atoms with E-state index in [2.05, 4.69) is 36.0 Å². The van der Waals surface area contributed by atoms with Gasteiger partial charge in [0, 0.05) is 32.2 Å². The number of nitrogens with zero attached hydrogens (tertiary/aromatic N) is 5. The number of hydrogen-bond donors (Lipinski definition) is 3. The fourth-order valence-electron chi connectivity index (χ4n) is 2.68. The first-order chi connectivity index (χ1) is 13.9. The van der Waals surface area contributed by atoms with Crippen molar-refractivity contribution in [3.8, 4) is 0 Å². The molecular formula is C19H27F3N8. The van der Waals surface area contributed by atoms with Gasteiger partial charge in [-0.1, -0.05) is 6.08 Å². The van der Waals surface area contributed by atoms with E-state index >= 15 is 0 Å². The molecule has 0 bridgehead atoms. The predicted molar refractivity (Wildman–Crippen MR) is 112 cm³/mol. The molecule has 2 aromatic rings. The van der Waals surface area contributed by atoms with Crippen LogP contribution >= 0.6 is 0 Å². The summed E-state index contributed by atoms with van der Waals surface area (Å²) in [5.41, 5.74) is 0.613. The van der Waals surface area contributed by atoms with Crippen molar-refractivity contribution in [3.05, 3.63) is 35.4 Å². The molecule has 0 amide bonds. The molecular weight excluding hydrogens is 397 g/mol. The van der Waals surface area contributed by atoms with Crippen molar-refractivity contribution in [2.45, 2.75) is 46.3 Å². The van der Waals surface area contributed by atoms with Crippen molar-refractivity contribution >= 4 is 23.3 Å². The van der Waals surface area contributed by atoms with Crippen LogP contribution in [-0.4, -0.2) is 39.7 Å². The highest BCUT2D eigenvalue weighted by molar-refractivity contribution is 5.90. The first-order valence-corrected chi connectivity index (χ1v) is 9.27. The number of aliphatic imine (C=N–C) groups is 1. The molecule has 0 spiro atoms. The number of nitrogens with one attached hydrogen (secondary N) is 3. The van der Waals surface area contributed by atoms with E-state index in [1.165, 1.54) is 7.05 Å². The summed E-state index contributed by atoms with van der Waals surface area (Å²) in [5.74, 6) is 0.423. The molecule has 0 saturated carbocycles. The molecule has 0 unspecified atom stereocenters. The zero-order chi connectivity index (χ0) is 22.7. The summed E-state index contributed by atoms with van der Waals surface area (Å²) in [7, 11) is 3.07. The van der Waals surface area contributed by atoms with Crippen molar-refractivity contribution in [3.63, 3.8) is 0 Å². The van der Waals surface area contributed by atoms with Crippen LogP contribution in [0, 0.1) is 6.92 Å². The van der Waals surface area contributed by atoms with Gasteiger partial charge < -0.3 is 16.0 Å². The van der Waals surface area contributed by atoms with Gasteiger partial charge >= 0.3 is 6.18 Å². The van der Waals surface area contributed by atoms with Crippen molar-refractivity contribution in [2.24, 2.45) is 4.99 Å². The molecule has 8 nitrogen and oxygen atoms in total. The maximum atomic E-state index is 13.0. The Balaban J connectivity index is 2.35. The summed E-state index contributed by atoms with van der Waals surface area (Å²) < 4.78 is 40.9. The van der Waals surface area contributed by atoms with Gasteiger partial charge in [-0.2, -0.15) is 23.3 Å². The summed E-state index contributed by atoms with van der Waals surface area (Å²) in [4.78, 5) is 12.1. The summed E-state index contributed by atoms with van der Waals surface area (Å²) in [6, 6.07) is 0. The molecule has 0 aromatic carbocycles. The Kier molecular flexibility index (Phi) is 6.73. The lowest BCUT2D eigenvalue weighted by molar-refractivity contribution is -0.137. The van der Waals surface area contributed by atoms with Gasteiger partial charge in [0.2, 0.25) is 5.95 Å². The molecule has 0 fully saturated rings. The lowest BCUT2D eigenvalue weighted by Crippen LogP contribution is -2.44. The SMILES string of the molecule is C/C=C(/C)NC(=NC)C(C)(C)n1cc(Nc2ncc(C(F)(F)F)c(NC)n2)c(C)n1. The molecule has 0 aliphatic heterocycles. The van der Waals surface area contributed by atoms with E-state index in [1.807, 2.05) is 33.8 Å². The maximum absolute atomic E-state index is 13.0. The Morgan fingerprint density at radius 3 is 2.47 bits per heavy atom. The van der Waals surface area contributed by atoms with E-state index < -0.39 is 17.3 Å². The van der Waals surface area contributed by atoms with Gasteiger partial charge in [-0.25, -0.2) is 4.98 Å². The number of rotatable bonds is 6. The summed E-state index contributed by atoms with van der Waals surface area (Å²) in [6.07, 6.45) is -0.122. The first-order valence-electron chi connectivity index (χ1n) is 9.27. The first kappa shape index (κ1) is 23.2. The van der Waals surface area contributed by atoms with E-state index in [4.69, 9.17) is 0 Å². The third-order valence-electron chi connectivity index (χ3n) is 4.60. The number of hydrogen-bond acceptors (Lipinski definition) is 6. The van der Waals surface area contributed by atoms with Crippen LogP contribution in [0.25, 0.3) is 0 Å². The minimum atomic E-state index is -4.55. The number of amidine groups is 1. The maximum Gasteiger partial charge on any atom is 0.421 e. The fraction of sp³-hybridized carbons (Fsp3) is 0.474. The zero-order valence-corrected chi connectivity index (χ0v) is 18.1. The van der Waals surface area contributed by atoms with E-state index in [-0.39, 0.29) is 11.8 Å². The highest BCUT2D eigenvalue weighted by atomic mass is 19.4. The molecule has 0 aliphatic carbocycles. The Morgan fingerprint density at radius 1 is 1.27 bits per heavy atom. The molecule has 2 aromatic heterocycles. The monoisotopic (exact) mass is 424 g/mol. The molecule has 0 aliphatic rings. The Morgan fingerprint density at radius 2 is 1.93 bits per heavy atom. The molecule has 2 heterocycles. The predicted octanol–water partition coefficient (Wildman–Crippen LogP) is 4.06. The van der Waals surface area contributed by atoms with Crippen LogP contribution in [0.15, 0.2) is 29.2 Å². The van der Waals surface area contributed by atoms with Crippen molar-refractivity contribution in [2.75, 3.05) is 24.7 Å². The fourth-order valence-corrected chi connectivity index (χ4v) is 2.68. The van der Waals surface area contributed by atoms with Gasteiger partial charge in [-0.3, -0.25) is 9.67 Å². The molecule has 2 rings (SSSR count). The van der Waals surface area contributed by atoms with Gasteiger partial charge in [0.25, 0.3) is 0 Å². The minimum Gasteiger partial charge on any atom is -0.372 e. The molecule has 0 radical (unpaired) electrons. The number of aromatic nitrogens is 4. The van der Waals surface area contributed by atoms with Gasteiger partial charge in [-0.05, 0) is 34.6 Å². The number of aryl methyl sites for hydroxylation is 1. The van der Waals surface area contributed by atoms with Crippen molar-refractivity contribution < 1.29 is 13.2 Å². The number of allylic oxidation sites excluding steroid dienone is 2. The van der Waals surface area contributed by atoms with E-state index in [1.54, 1.807) is 24.9 Å². The minimum absolute atomic E-state index is 0.0278. The van der Waals surface area contributed by atoms with Crippen LogP contribution in [0.5, 0.6) is 0 Å². The highest BCUT2D eigenvalue weighted by Gasteiger charge is 2.35. The second-order valence-electron chi connectivity index (χ2n) is 7.13. The molecule has 3 N–H and O–H groups in total. The average molecular weight is 424 g/mol. The summed E-state index contributed by atoms with van der Waals surface area (Å²) in [6.45, 7) is 9.55. The summed E-state index contributed by atoms with van der Waals surface area (Å²) >= 11 is 0. The number of halogens is 3. The lowest BCUT2D eigenvalue weighted by Gasteiger charge is -2.28. The van der Waals surface area contributed by atoms with E-state index in [9.17, 15) is 13.2 Å². The number of alkyl halides is 3. The van der Waals surface area contributed by atoms with Crippen LogP contribution in [0.2, 0.25) is 0 Å². The van der Waals surface area contributed by atoms with Crippen molar-refractivity contribution in [1.82, 2.24) is 25.1 Å². The Labute approximate surface area is 173 Å². The quantitative estimate of drug-likeness (QED) is 0.478. The molecule has 11 heteroatoms. The van der Waals surface area contributed by atoms with Crippen LogP contribution < -0.4 is 16.0 Å². The zero-order valence-electron chi connectivity index (χ0n) is 18.1. The van der Waals surface area contributed by atoms with E-state index in [0.29, 0.717) is 17.2 Å². The third-order valence-corrected chi connectivity index (χ3v) is 4.60. The van der Waals surface area contributed by atoms with Crippen LogP contribution in [-0.2, 0) is 11.7 Å². The molecule has 0 atom stereocenters.